The quantitative estimate of drug-likeness (QED) is 0.682. The number of amides is 2. The highest BCUT2D eigenvalue weighted by Gasteiger charge is 2.08. The van der Waals surface area contributed by atoms with E-state index in [9.17, 15) is 14.4 Å². The van der Waals surface area contributed by atoms with E-state index in [0.29, 0.717) is 5.56 Å². The number of carbonyl (C=O) groups is 3. The van der Waals surface area contributed by atoms with Crippen molar-refractivity contribution in [3.05, 3.63) is 35.4 Å². The number of carboxylic acids is 1. The van der Waals surface area contributed by atoms with Crippen LogP contribution in [0.5, 0.6) is 0 Å². The molecule has 1 rings (SSSR count). The average Bonchev–Trinajstić information content (AvgIpc) is 2.34. The van der Waals surface area contributed by atoms with Crippen LogP contribution in [0.4, 0.5) is 0 Å². The van der Waals surface area contributed by atoms with E-state index in [-0.39, 0.29) is 12.8 Å². The molecule has 1 aromatic carbocycles. The van der Waals surface area contributed by atoms with Gasteiger partial charge in [-0.3, -0.25) is 25.2 Å². The summed E-state index contributed by atoms with van der Waals surface area (Å²) in [7, 11) is 0. The van der Waals surface area contributed by atoms with Gasteiger partial charge in [0, 0.05) is 12.0 Å². The summed E-state index contributed by atoms with van der Waals surface area (Å²) in [6, 6.07) is 6.82. The first kappa shape index (κ1) is 13.7. The molecule has 96 valence electrons. The molecule has 0 saturated heterocycles. The molecule has 6 heteroatoms. The summed E-state index contributed by atoms with van der Waals surface area (Å²) in [5.74, 6) is -2.05. The molecule has 0 atom stereocenters. The second-order valence-electron chi connectivity index (χ2n) is 3.76. The van der Waals surface area contributed by atoms with Crippen LogP contribution in [0.3, 0.4) is 0 Å². The van der Waals surface area contributed by atoms with Gasteiger partial charge in [0.25, 0.3) is 5.91 Å². The predicted molar refractivity (Wildman–Crippen MR) is 63.7 cm³/mol. The summed E-state index contributed by atoms with van der Waals surface area (Å²) in [6.45, 7) is 1.90. The lowest BCUT2D eigenvalue weighted by atomic mass is 10.1. The summed E-state index contributed by atoms with van der Waals surface area (Å²) >= 11 is 0. The maximum Gasteiger partial charge on any atom is 0.303 e. The minimum Gasteiger partial charge on any atom is -0.481 e. The number of benzene rings is 1. The lowest BCUT2D eigenvalue weighted by Gasteiger charge is -2.06. The molecule has 0 radical (unpaired) electrons. The summed E-state index contributed by atoms with van der Waals surface area (Å²) in [4.78, 5) is 32.9. The first-order valence-electron chi connectivity index (χ1n) is 5.36. The Morgan fingerprint density at radius 2 is 1.67 bits per heavy atom. The van der Waals surface area contributed by atoms with E-state index in [0.717, 1.165) is 5.56 Å². The molecule has 0 aliphatic heterocycles. The number of carbonyl (C=O) groups excluding carboxylic acids is 2. The van der Waals surface area contributed by atoms with Crippen molar-refractivity contribution in [2.75, 3.05) is 0 Å². The summed E-state index contributed by atoms with van der Waals surface area (Å²) in [5, 5.41) is 8.38. The molecule has 18 heavy (non-hydrogen) atoms. The molecule has 0 aliphatic rings. The molecule has 0 heterocycles. The van der Waals surface area contributed by atoms with Gasteiger partial charge in [0.1, 0.15) is 0 Å². The topological polar surface area (TPSA) is 95.5 Å². The predicted octanol–water partition coefficient (Wildman–Crippen LogP) is 0.621. The van der Waals surface area contributed by atoms with E-state index in [4.69, 9.17) is 5.11 Å². The third-order valence-electron chi connectivity index (χ3n) is 2.20. The number of aryl methyl sites for hydroxylation is 1. The monoisotopic (exact) mass is 250 g/mol. The third-order valence-corrected chi connectivity index (χ3v) is 2.20. The minimum absolute atomic E-state index is 0.177. The summed E-state index contributed by atoms with van der Waals surface area (Å²) in [6.07, 6.45) is -0.449. The van der Waals surface area contributed by atoms with Gasteiger partial charge in [-0.2, -0.15) is 0 Å². The van der Waals surface area contributed by atoms with Gasteiger partial charge in [0.2, 0.25) is 5.91 Å². The van der Waals surface area contributed by atoms with Crippen LogP contribution in [0.15, 0.2) is 24.3 Å². The highest BCUT2D eigenvalue weighted by Crippen LogP contribution is 2.02. The fourth-order valence-corrected chi connectivity index (χ4v) is 1.19. The molecule has 0 aromatic heterocycles. The molecular weight excluding hydrogens is 236 g/mol. The molecule has 2 amide bonds. The second kappa shape index (κ2) is 6.39. The van der Waals surface area contributed by atoms with Crippen molar-refractivity contribution in [2.45, 2.75) is 19.8 Å². The Hall–Kier alpha value is -2.37. The fraction of sp³-hybridized carbons (Fsp3) is 0.250. The third kappa shape index (κ3) is 4.65. The van der Waals surface area contributed by atoms with Crippen molar-refractivity contribution in [1.29, 1.82) is 0 Å². The number of hydrogen-bond donors (Lipinski definition) is 3. The summed E-state index contributed by atoms with van der Waals surface area (Å²) < 4.78 is 0. The standard InChI is InChI=1S/C12H14N2O4/c1-8-2-4-9(5-3-8)12(18)14-13-10(15)6-7-11(16)17/h2-5H,6-7H2,1H3,(H,13,15)(H,14,18)(H,16,17). The fourth-order valence-electron chi connectivity index (χ4n) is 1.19. The van der Waals surface area contributed by atoms with Crippen LogP contribution in [0, 0.1) is 6.92 Å². The van der Waals surface area contributed by atoms with E-state index < -0.39 is 17.8 Å². The molecule has 0 bridgehead atoms. The number of rotatable bonds is 4. The Balaban J connectivity index is 2.39. The molecule has 0 unspecified atom stereocenters. The average molecular weight is 250 g/mol. The zero-order valence-corrected chi connectivity index (χ0v) is 9.90. The Bertz CT molecular complexity index is 454. The first-order valence-corrected chi connectivity index (χ1v) is 5.36. The van der Waals surface area contributed by atoms with Crippen LogP contribution >= 0.6 is 0 Å². The summed E-state index contributed by atoms with van der Waals surface area (Å²) in [5.41, 5.74) is 5.80. The molecule has 6 nitrogen and oxygen atoms in total. The van der Waals surface area contributed by atoms with Gasteiger partial charge in [0.05, 0.1) is 6.42 Å². The maximum atomic E-state index is 11.6. The zero-order valence-electron chi connectivity index (χ0n) is 9.90. The Morgan fingerprint density at radius 3 is 2.22 bits per heavy atom. The van der Waals surface area contributed by atoms with Crippen LogP contribution in [0.2, 0.25) is 0 Å². The van der Waals surface area contributed by atoms with Gasteiger partial charge in [-0.25, -0.2) is 0 Å². The van der Waals surface area contributed by atoms with E-state index in [1.165, 1.54) is 0 Å². The van der Waals surface area contributed by atoms with Gasteiger partial charge < -0.3 is 5.11 Å². The Kier molecular flexibility index (Phi) is 4.86. The maximum absolute atomic E-state index is 11.6. The smallest absolute Gasteiger partial charge is 0.303 e. The van der Waals surface area contributed by atoms with Crippen LogP contribution in [0.25, 0.3) is 0 Å². The minimum atomic E-state index is -1.06. The number of aliphatic carboxylic acids is 1. The SMILES string of the molecule is Cc1ccc(C(=O)NNC(=O)CCC(=O)O)cc1. The van der Waals surface area contributed by atoms with Crippen molar-refractivity contribution in [2.24, 2.45) is 0 Å². The van der Waals surface area contributed by atoms with Crippen molar-refractivity contribution < 1.29 is 19.5 Å². The molecular formula is C12H14N2O4. The van der Waals surface area contributed by atoms with Crippen molar-refractivity contribution in [1.82, 2.24) is 10.9 Å². The molecule has 0 spiro atoms. The molecule has 3 N–H and O–H groups in total. The Morgan fingerprint density at radius 1 is 1.06 bits per heavy atom. The molecule has 1 aromatic rings. The van der Waals surface area contributed by atoms with E-state index in [1.54, 1.807) is 24.3 Å². The van der Waals surface area contributed by atoms with Crippen molar-refractivity contribution in [3.63, 3.8) is 0 Å². The highest BCUT2D eigenvalue weighted by atomic mass is 16.4. The van der Waals surface area contributed by atoms with Crippen molar-refractivity contribution in [3.8, 4) is 0 Å². The number of hydrazine groups is 1. The number of carboxylic acid groups (broad SMARTS) is 1. The second-order valence-corrected chi connectivity index (χ2v) is 3.76. The lowest BCUT2D eigenvalue weighted by molar-refractivity contribution is -0.138. The van der Waals surface area contributed by atoms with Crippen LogP contribution < -0.4 is 10.9 Å². The molecule has 0 fully saturated rings. The van der Waals surface area contributed by atoms with Gasteiger partial charge in [-0.15, -0.1) is 0 Å². The first-order chi connectivity index (χ1) is 8.49. The Labute approximate surface area is 104 Å². The van der Waals surface area contributed by atoms with E-state index in [1.807, 2.05) is 6.92 Å². The van der Waals surface area contributed by atoms with Crippen LogP contribution in [-0.4, -0.2) is 22.9 Å². The highest BCUT2D eigenvalue weighted by molar-refractivity contribution is 5.95. The lowest BCUT2D eigenvalue weighted by Crippen LogP contribution is -2.41. The largest absolute Gasteiger partial charge is 0.481 e. The van der Waals surface area contributed by atoms with Gasteiger partial charge in [-0.05, 0) is 19.1 Å². The van der Waals surface area contributed by atoms with Gasteiger partial charge >= 0.3 is 5.97 Å². The van der Waals surface area contributed by atoms with Gasteiger partial charge in [0.15, 0.2) is 0 Å². The molecule has 0 saturated carbocycles. The number of hydrogen-bond acceptors (Lipinski definition) is 3. The van der Waals surface area contributed by atoms with Gasteiger partial charge in [-0.1, -0.05) is 17.7 Å². The van der Waals surface area contributed by atoms with Crippen LogP contribution in [-0.2, 0) is 9.59 Å². The van der Waals surface area contributed by atoms with E-state index >= 15 is 0 Å². The normalized spacial score (nSPS) is 9.61. The molecule has 0 aliphatic carbocycles. The number of nitrogens with one attached hydrogen (secondary N) is 2. The van der Waals surface area contributed by atoms with E-state index in [2.05, 4.69) is 10.9 Å². The van der Waals surface area contributed by atoms with Crippen LogP contribution in [0.1, 0.15) is 28.8 Å². The van der Waals surface area contributed by atoms with Crippen molar-refractivity contribution >= 4 is 17.8 Å². The zero-order chi connectivity index (χ0) is 13.5.